The van der Waals surface area contributed by atoms with Gasteiger partial charge in [0, 0.05) is 24.4 Å². The number of alkyl halides is 2. The first-order chi connectivity index (χ1) is 10.2. The smallest absolute Gasteiger partial charge is 0.0616 e. The summed E-state index contributed by atoms with van der Waals surface area (Å²) in [6, 6.07) is 0. The lowest BCUT2D eigenvalue weighted by molar-refractivity contribution is -0.0785. The lowest BCUT2D eigenvalue weighted by atomic mass is 9.79. The van der Waals surface area contributed by atoms with Crippen molar-refractivity contribution < 1.29 is 9.47 Å². The van der Waals surface area contributed by atoms with Crippen molar-refractivity contribution in [3.8, 4) is 0 Å². The molecule has 0 heterocycles. The van der Waals surface area contributed by atoms with Gasteiger partial charge in [0.05, 0.1) is 12.2 Å². The number of ether oxygens (including phenoxy) is 2. The summed E-state index contributed by atoms with van der Waals surface area (Å²) in [6.07, 6.45) is 8.12. The van der Waals surface area contributed by atoms with Crippen LogP contribution in [-0.4, -0.2) is 36.6 Å². The average Bonchev–Trinajstić information content (AvgIpc) is 2.54. The van der Waals surface area contributed by atoms with E-state index in [2.05, 4.69) is 45.7 Å². The molecule has 0 aromatic heterocycles. The maximum Gasteiger partial charge on any atom is 0.0616 e. The molecular formula is C17H32Br2O2. The first-order valence-corrected chi connectivity index (χ1v) is 10.7. The van der Waals surface area contributed by atoms with Crippen LogP contribution in [0.1, 0.15) is 52.4 Å². The number of methoxy groups -OCH3 is 1. The van der Waals surface area contributed by atoms with Crippen molar-refractivity contribution in [1.29, 1.82) is 0 Å². The molecule has 5 unspecified atom stereocenters. The molecule has 1 fully saturated rings. The Morgan fingerprint density at radius 2 is 1.67 bits per heavy atom. The van der Waals surface area contributed by atoms with Gasteiger partial charge < -0.3 is 9.47 Å². The quantitative estimate of drug-likeness (QED) is 0.433. The minimum absolute atomic E-state index is 0.369. The lowest BCUT2D eigenvalue weighted by Gasteiger charge is -2.40. The van der Waals surface area contributed by atoms with Gasteiger partial charge in [0.15, 0.2) is 0 Å². The third kappa shape index (κ3) is 6.48. The molecule has 5 atom stereocenters. The molecule has 2 nitrogen and oxygen atoms in total. The van der Waals surface area contributed by atoms with Crippen LogP contribution in [0.4, 0.5) is 0 Å². The second-order valence-corrected chi connectivity index (χ2v) is 7.66. The molecule has 4 heteroatoms. The van der Waals surface area contributed by atoms with Gasteiger partial charge in [-0.1, -0.05) is 65.0 Å². The standard InChI is InChI=1S/C17H32Br2O2/c1-4-6-7-13(5-2)12-21-17-9-14(10-18)16(20-3)8-15(17)11-19/h13-17H,4-12H2,1-3H3. The van der Waals surface area contributed by atoms with E-state index >= 15 is 0 Å². The number of halogens is 2. The fourth-order valence-corrected chi connectivity index (χ4v) is 4.62. The van der Waals surface area contributed by atoms with Crippen LogP contribution in [-0.2, 0) is 9.47 Å². The summed E-state index contributed by atoms with van der Waals surface area (Å²) in [6.45, 7) is 5.48. The minimum atomic E-state index is 0.369. The molecule has 21 heavy (non-hydrogen) atoms. The lowest BCUT2D eigenvalue weighted by Crippen LogP contribution is -2.42. The maximum absolute atomic E-state index is 6.36. The second-order valence-electron chi connectivity index (χ2n) is 6.36. The number of rotatable bonds is 10. The summed E-state index contributed by atoms with van der Waals surface area (Å²) in [5.74, 6) is 1.88. The van der Waals surface area contributed by atoms with Gasteiger partial charge in [0.2, 0.25) is 0 Å². The van der Waals surface area contributed by atoms with Crippen LogP contribution in [0.3, 0.4) is 0 Å². The topological polar surface area (TPSA) is 18.5 Å². The Kier molecular flexibility index (Phi) is 10.8. The molecule has 0 spiro atoms. The summed E-state index contributed by atoms with van der Waals surface area (Å²) in [7, 11) is 1.84. The Balaban J connectivity index is 2.50. The molecule has 126 valence electrons. The van der Waals surface area contributed by atoms with Crippen LogP contribution in [0.15, 0.2) is 0 Å². The van der Waals surface area contributed by atoms with Gasteiger partial charge in [0.25, 0.3) is 0 Å². The van der Waals surface area contributed by atoms with Crippen LogP contribution in [0.2, 0.25) is 0 Å². The van der Waals surface area contributed by atoms with E-state index in [4.69, 9.17) is 9.47 Å². The first kappa shape index (κ1) is 19.9. The molecule has 0 aliphatic heterocycles. The fraction of sp³-hybridized carbons (Fsp3) is 1.00. The number of unbranched alkanes of at least 4 members (excludes halogenated alkanes) is 1. The van der Waals surface area contributed by atoms with Crippen molar-refractivity contribution in [3.05, 3.63) is 0 Å². The van der Waals surface area contributed by atoms with E-state index in [9.17, 15) is 0 Å². The highest BCUT2D eigenvalue weighted by Crippen LogP contribution is 2.35. The van der Waals surface area contributed by atoms with Crippen LogP contribution >= 0.6 is 31.9 Å². The molecule has 0 aromatic rings. The minimum Gasteiger partial charge on any atom is -0.381 e. The second kappa shape index (κ2) is 11.4. The molecule has 1 aliphatic carbocycles. The molecule has 0 saturated heterocycles. The van der Waals surface area contributed by atoms with Gasteiger partial charge in [-0.3, -0.25) is 0 Å². The third-order valence-electron chi connectivity index (χ3n) is 4.91. The molecule has 1 saturated carbocycles. The summed E-state index contributed by atoms with van der Waals surface area (Å²) in [5.41, 5.74) is 0. The molecular weight excluding hydrogens is 396 g/mol. The third-order valence-corrected chi connectivity index (χ3v) is 6.57. The predicted octanol–water partition coefficient (Wildman–Crippen LogP) is 5.42. The molecule has 1 aliphatic rings. The average molecular weight is 428 g/mol. The van der Waals surface area contributed by atoms with Gasteiger partial charge in [-0.25, -0.2) is 0 Å². The van der Waals surface area contributed by atoms with Crippen LogP contribution in [0.5, 0.6) is 0 Å². The zero-order chi connectivity index (χ0) is 15.7. The zero-order valence-electron chi connectivity index (χ0n) is 13.8. The van der Waals surface area contributed by atoms with E-state index in [1.54, 1.807) is 0 Å². The normalized spacial score (nSPS) is 31.3. The Labute approximate surface area is 148 Å². The van der Waals surface area contributed by atoms with E-state index in [1.165, 1.54) is 25.7 Å². The van der Waals surface area contributed by atoms with Crippen LogP contribution in [0.25, 0.3) is 0 Å². The highest BCUT2D eigenvalue weighted by Gasteiger charge is 2.37. The van der Waals surface area contributed by atoms with Crippen molar-refractivity contribution in [1.82, 2.24) is 0 Å². The van der Waals surface area contributed by atoms with Crippen molar-refractivity contribution in [3.63, 3.8) is 0 Å². The molecule has 0 amide bonds. The molecule has 0 radical (unpaired) electrons. The molecule has 1 rings (SSSR count). The summed E-state index contributed by atoms with van der Waals surface area (Å²) in [5, 5.41) is 2.02. The van der Waals surface area contributed by atoms with E-state index < -0.39 is 0 Å². The van der Waals surface area contributed by atoms with Crippen molar-refractivity contribution in [2.24, 2.45) is 17.8 Å². The van der Waals surface area contributed by atoms with E-state index in [0.29, 0.717) is 24.0 Å². The Hall–Kier alpha value is 0.880. The van der Waals surface area contributed by atoms with Crippen molar-refractivity contribution >= 4 is 31.9 Å². The largest absolute Gasteiger partial charge is 0.381 e. The SMILES string of the molecule is CCCCC(CC)COC1CC(CBr)C(OC)CC1CBr. The van der Waals surface area contributed by atoms with Crippen molar-refractivity contribution in [2.75, 3.05) is 24.4 Å². The Morgan fingerprint density at radius 1 is 1.05 bits per heavy atom. The van der Waals surface area contributed by atoms with Gasteiger partial charge in [-0.15, -0.1) is 0 Å². The van der Waals surface area contributed by atoms with Crippen molar-refractivity contribution in [2.45, 2.75) is 64.6 Å². The Bertz CT molecular complexity index is 263. The molecule has 0 bridgehead atoms. The predicted molar refractivity (Wildman–Crippen MR) is 97.6 cm³/mol. The van der Waals surface area contributed by atoms with Gasteiger partial charge >= 0.3 is 0 Å². The summed E-state index contributed by atoms with van der Waals surface area (Å²) >= 11 is 7.31. The monoisotopic (exact) mass is 426 g/mol. The number of hydrogen-bond acceptors (Lipinski definition) is 2. The molecule has 0 aromatic carbocycles. The van der Waals surface area contributed by atoms with E-state index in [-0.39, 0.29) is 0 Å². The maximum atomic E-state index is 6.36. The van der Waals surface area contributed by atoms with E-state index in [0.717, 1.165) is 36.0 Å². The van der Waals surface area contributed by atoms with Crippen LogP contribution < -0.4 is 0 Å². The van der Waals surface area contributed by atoms with Crippen LogP contribution in [0, 0.1) is 17.8 Å². The van der Waals surface area contributed by atoms with Gasteiger partial charge in [0.1, 0.15) is 0 Å². The fourth-order valence-electron chi connectivity index (χ4n) is 3.26. The summed E-state index contributed by atoms with van der Waals surface area (Å²) in [4.78, 5) is 0. The molecule has 0 N–H and O–H groups in total. The first-order valence-electron chi connectivity index (χ1n) is 8.46. The Morgan fingerprint density at radius 3 is 2.19 bits per heavy atom. The summed E-state index contributed by atoms with van der Waals surface area (Å²) < 4.78 is 12.0. The zero-order valence-corrected chi connectivity index (χ0v) is 17.0. The van der Waals surface area contributed by atoms with E-state index in [1.807, 2.05) is 7.11 Å². The number of hydrogen-bond donors (Lipinski definition) is 0. The van der Waals surface area contributed by atoms with Gasteiger partial charge in [-0.05, 0) is 37.0 Å². The van der Waals surface area contributed by atoms with Gasteiger partial charge in [-0.2, -0.15) is 0 Å². The highest BCUT2D eigenvalue weighted by atomic mass is 79.9. The highest BCUT2D eigenvalue weighted by molar-refractivity contribution is 9.09.